The first kappa shape index (κ1) is 13.4. The first-order valence-electron chi connectivity index (χ1n) is 5.85. The zero-order chi connectivity index (χ0) is 14.3. The van der Waals surface area contributed by atoms with Crippen LogP contribution in [-0.4, -0.2) is 9.97 Å². The van der Waals surface area contributed by atoms with Crippen molar-refractivity contribution >= 4 is 38.6 Å². The van der Waals surface area contributed by atoms with Crippen LogP contribution >= 0.6 is 27.5 Å². The maximum absolute atomic E-state index is 13.9. The second-order valence-electron chi connectivity index (χ2n) is 4.41. The van der Waals surface area contributed by atoms with Gasteiger partial charge in [-0.3, -0.25) is 0 Å². The molecule has 0 spiro atoms. The zero-order valence-electron chi connectivity index (χ0n) is 10.1. The van der Waals surface area contributed by atoms with Gasteiger partial charge in [-0.15, -0.1) is 0 Å². The summed E-state index contributed by atoms with van der Waals surface area (Å²) in [5, 5.41) is 0.474. The molecule has 0 fully saturated rings. The Morgan fingerprint density at radius 1 is 1.10 bits per heavy atom. The summed E-state index contributed by atoms with van der Waals surface area (Å²) < 4.78 is 13.9. The topological polar surface area (TPSA) is 48.6 Å². The van der Waals surface area contributed by atoms with Crippen LogP contribution in [0, 0.1) is 5.82 Å². The fourth-order valence-corrected chi connectivity index (χ4v) is 2.91. The molecular weight excluding hydrogens is 347 g/mol. The molecule has 0 aliphatic heterocycles. The quantitative estimate of drug-likeness (QED) is 0.667. The van der Waals surface area contributed by atoms with E-state index in [1.165, 1.54) is 12.1 Å². The second kappa shape index (κ2) is 5.07. The molecule has 3 nitrogen and oxygen atoms in total. The minimum Gasteiger partial charge on any atom is -0.306 e. The van der Waals surface area contributed by atoms with Gasteiger partial charge in [-0.25, -0.2) is 9.18 Å². The molecule has 0 amide bonds. The number of aromatic amines is 2. The van der Waals surface area contributed by atoms with Crippen molar-refractivity contribution in [3.05, 3.63) is 68.8 Å². The normalized spacial score (nSPS) is 12.8. The van der Waals surface area contributed by atoms with Crippen molar-refractivity contribution in [3.63, 3.8) is 0 Å². The number of nitrogens with one attached hydrogen (secondary N) is 2. The van der Waals surface area contributed by atoms with Crippen molar-refractivity contribution in [2.75, 3.05) is 0 Å². The van der Waals surface area contributed by atoms with Gasteiger partial charge in [0.15, 0.2) is 0 Å². The van der Waals surface area contributed by atoms with Gasteiger partial charge in [0.05, 0.1) is 15.9 Å². The highest BCUT2D eigenvalue weighted by Gasteiger charge is 2.16. The van der Waals surface area contributed by atoms with Gasteiger partial charge in [-0.1, -0.05) is 33.6 Å². The Morgan fingerprint density at radius 2 is 1.85 bits per heavy atom. The van der Waals surface area contributed by atoms with E-state index in [4.69, 9.17) is 11.6 Å². The predicted molar refractivity (Wildman–Crippen MR) is 81.1 cm³/mol. The third-order valence-electron chi connectivity index (χ3n) is 3.06. The predicted octanol–water partition coefficient (Wildman–Crippen LogP) is 4.13. The molecule has 1 heterocycles. The Morgan fingerprint density at radius 3 is 2.65 bits per heavy atom. The van der Waals surface area contributed by atoms with Gasteiger partial charge in [0.2, 0.25) is 0 Å². The fourth-order valence-electron chi connectivity index (χ4n) is 2.10. The summed E-state index contributed by atoms with van der Waals surface area (Å²) in [5.41, 5.74) is 2.41. The number of imidazole rings is 1. The maximum atomic E-state index is 13.9. The van der Waals surface area contributed by atoms with Crippen molar-refractivity contribution in [1.29, 1.82) is 0 Å². The Hall–Kier alpha value is -1.59. The summed E-state index contributed by atoms with van der Waals surface area (Å²) in [5.74, 6) is -0.334. The summed E-state index contributed by atoms with van der Waals surface area (Å²) in [7, 11) is 0. The van der Waals surface area contributed by atoms with Gasteiger partial charge in [-0.2, -0.15) is 0 Å². The lowest BCUT2D eigenvalue weighted by molar-refractivity contribution is 0.613. The molecule has 1 unspecified atom stereocenters. The van der Waals surface area contributed by atoms with E-state index in [0.717, 1.165) is 5.56 Å². The lowest BCUT2D eigenvalue weighted by Crippen LogP contribution is -1.99. The Labute approximate surface area is 126 Å². The fraction of sp³-hybridized carbons (Fsp3) is 0.0714. The highest BCUT2D eigenvalue weighted by atomic mass is 79.9. The van der Waals surface area contributed by atoms with Crippen LogP contribution in [0.15, 0.2) is 41.2 Å². The molecule has 2 aromatic carbocycles. The van der Waals surface area contributed by atoms with E-state index >= 15 is 0 Å². The van der Waals surface area contributed by atoms with Crippen LogP contribution in [-0.2, 0) is 0 Å². The van der Waals surface area contributed by atoms with Crippen LogP contribution in [0.3, 0.4) is 0 Å². The van der Waals surface area contributed by atoms with E-state index in [1.807, 2.05) is 6.07 Å². The van der Waals surface area contributed by atoms with Crippen molar-refractivity contribution in [2.45, 2.75) is 4.83 Å². The van der Waals surface area contributed by atoms with E-state index in [2.05, 4.69) is 25.9 Å². The number of alkyl halides is 1. The molecule has 0 aliphatic rings. The van der Waals surface area contributed by atoms with Gasteiger partial charge < -0.3 is 9.97 Å². The highest BCUT2D eigenvalue weighted by molar-refractivity contribution is 9.09. The minimum absolute atomic E-state index is 0.266. The van der Waals surface area contributed by atoms with Crippen molar-refractivity contribution < 1.29 is 4.39 Å². The summed E-state index contributed by atoms with van der Waals surface area (Å²) in [6, 6.07) is 9.83. The molecule has 102 valence electrons. The molecule has 3 aromatic rings. The number of aromatic nitrogens is 2. The number of fused-ring (bicyclic) bond motifs is 1. The molecular formula is C14H9BrClFN2O. The molecule has 2 N–H and O–H groups in total. The van der Waals surface area contributed by atoms with Crippen molar-refractivity contribution in [3.8, 4) is 0 Å². The molecule has 0 saturated carbocycles. The number of H-pyrrole nitrogens is 2. The molecule has 0 saturated heterocycles. The summed E-state index contributed by atoms with van der Waals surface area (Å²) in [4.78, 5) is 16.2. The SMILES string of the molecule is O=c1[nH]c2ccc(C(Br)c3cc(Cl)ccc3F)cc2[nH]1. The lowest BCUT2D eigenvalue weighted by atomic mass is 10.0. The third kappa shape index (κ3) is 2.39. The molecule has 6 heteroatoms. The molecule has 0 radical (unpaired) electrons. The van der Waals surface area contributed by atoms with Crippen LogP contribution in [0.25, 0.3) is 11.0 Å². The van der Waals surface area contributed by atoms with Gasteiger partial charge in [0.1, 0.15) is 5.82 Å². The Kier molecular flexibility index (Phi) is 3.40. The number of rotatable bonds is 2. The first-order valence-corrected chi connectivity index (χ1v) is 7.15. The molecule has 1 aromatic heterocycles. The third-order valence-corrected chi connectivity index (χ3v) is 4.32. The maximum Gasteiger partial charge on any atom is 0.323 e. The highest BCUT2D eigenvalue weighted by Crippen LogP contribution is 2.34. The summed E-state index contributed by atoms with van der Waals surface area (Å²) in [6.07, 6.45) is 0. The van der Waals surface area contributed by atoms with Gasteiger partial charge in [0, 0.05) is 10.6 Å². The van der Waals surface area contributed by atoms with Crippen LogP contribution in [0.2, 0.25) is 5.02 Å². The van der Waals surface area contributed by atoms with Crippen LogP contribution in [0.4, 0.5) is 4.39 Å². The van der Waals surface area contributed by atoms with Crippen LogP contribution in [0.1, 0.15) is 16.0 Å². The second-order valence-corrected chi connectivity index (χ2v) is 5.76. The number of benzene rings is 2. The molecule has 3 rings (SSSR count). The number of hydrogen-bond acceptors (Lipinski definition) is 1. The van der Waals surface area contributed by atoms with E-state index in [0.29, 0.717) is 21.6 Å². The number of halogens is 3. The summed E-state index contributed by atoms with van der Waals surface area (Å²) >= 11 is 9.38. The Bertz CT molecular complexity index is 843. The standard InChI is InChI=1S/C14H9BrClFN2O/c15-13(9-6-8(16)2-3-10(9)17)7-1-4-11-12(5-7)19-14(20)18-11/h1-6,13H,(H2,18,19,20). The monoisotopic (exact) mass is 354 g/mol. The van der Waals surface area contributed by atoms with Gasteiger partial charge in [0.25, 0.3) is 0 Å². The smallest absolute Gasteiger partial charge is 0.306 e. The molecule has 0 bridgehead atoms. The van der Waals surface area contributed by atoms with Crippen LogP contribution < -0.4 is 5.69 Å². The average molecular weight is 356 g/mol. The largest absolute Gasteiger partial charge is 0.323 e. The van der Waals surface area contributed by atoms with E-state index in [-0.39, 0.29) is 16.3 Å². The van der Waals surface area contributed by atoms with E-state index in [9.17, 15) is 9.18 Å². The van der Waals surface area contributed by atoms with Gasteiger partial charge >= 0.3 is 5.69 Å². The lowest BCUT2D eigenvalue weighted by Gasteiger charge is -2.12. The average Bonchev–Trinajstić information content (AvgIpc) is 2.79. The van der Waals surface area contributed by atoms with Crippen molar-refractivity contribution in [2.24, 2.45) is 0 Å². The van der Waals surface area contributed by atoms with Crippen molar-refractivity contribution in [1.82, 2.24) is 9.97 Å². The van der Waals surface area contributed by atoms with Gasteiger partial charge in [-0.05, 0) is 35.9 Å². The van der Waals surface area contributed by atoms with E-state index in [1.54, 1.807) is 18.2 Å². The molecule has 1 atom stereocenters. The molecule has 20 heavy (non-hydrogen) atoms. The van der Waals surface area contributed by atoms with Crippen LogP contribution in [0.5, 0.6) is 0 Å². The minimum atomic E-state index is -0.344. The van der Waals surface area contributed by atoms with E-state index < -0.39 is 0 Å². The molecule has 0 aliphatic carbocycles. The zero-order valence-corrected chi connectivity index (χ0v) is 12.4. The Balaban J connectivity index is 2.09. The summed E-state index contributed by atoms with van der Waals surface area (Å²) in [6.45, 7) is 0. The first-order chi connectivity index (χ1) is 9.54. The number of hydrogen-bond donors (Lipinski definition) is 2.